The maximum atomic E-state index is 13.5. The van der Waals surface area contributed by atoms with Crippen LogP contribution in [0.25, 0.3) is 0 Å². The monoisotopic (exact) mass is 320 g/mol. The molecule has 2 rings (SSSR count). The van der Waals surface area contributed by atoms with Gasteiger partial charge in [-0.3, -0.25) is 5.32 Å². The van der Waals surface area contributed by atoms with Crippen LogP contribution in [0.2, 0.25) is 0 Å². The molecule has 5 heteroatoms. The van der Waals surface area contributed by atoms with E-state index in [0.717, 1.165) is 25.8 Å². The van der Waals surface area contributed by atoms with Crippen molar-refractivity contribution in [3.63, 3.8) is 0 Å². The average Bonchev–Trinajstić information content (AvgIpc) is 2.46. The highest BCUT2D eigenvalue weighted by molar-refractivity contribution is 5.89. The van der Waals surface area contributed by atoms with Crippen LogP contribution in [0.5, 0.6) is 0 Å². The Morgan fingerprint density at radius 3 is 2.74 bits per heavy atom. The van der Waals surface area contributed by atoms with E-state index in [9.17, 15) is 9.18 Å². The molecule has 4 nitrogen and oxygen atoms in total. The third-order valence-corrected chi connectivity index (χ3v) is 3.58. The lowest BCUT2D eigenvalue weighted by Crippen LogP contribution is -2.27. The fraction of sp³-hybridized carbons (Fsp3) is 0.500. The van der Waals surface area contributed by atoms with Gasteiger partial charge in [0.2, 0.25) is 0 Å². The number of rotatable bonds is 4. The molecule has 23 heavy (non-hydrogen) atoms. The molecule has 2 N–H and O–H groups in total. The van der Waals surface area contributed by atoms with Gasteiger partial charge in [0.15, 0.2) is 0 Å². The summed E-state index contributed by atoms with van der Waals surface area (Å²) in [6.07, 6.45) is 7.05. The van der Waals surface area contributed by atoms with Crippen molar-refractivity contribution in [2.45, 2.75) is 45.6 Å². The number of hydrogen-bond donors (Lipinski definition) is 2. The highest BCUT2D eigenvalue weighted by atomic mass is 19.1. The quantitative estimate of drug-likeness (QED) is 0.772. The molecule has 0 spiro atoms. The number of benzene rings is 1. The molecule has 0 fully saturated rings. The minimum absolute atomic E-state index is 0.342. The van der Waals surface area contributed by atoms with Crippen molar-refractivity contribution in [1.29, 1.82) is 0 Å². The third kappa shape index (κ3) is 5.93. The van der Waals surface area contributed by atoms with Gasteiger partial charge in [-0.15, -0.1) is 0 Å². The van der Waals surface area contributed by atoms with Gasteiger partial charge in [-0.1, -0.05) is 12.2 Å². The van der Waals surface area contributed by atoms with Gasteiger partial charge < -0.3 is 10.1 Å². The lowest BCUT2D eigenvalue weighted by Gasteiger charge is -2.22. The van der Waals surface area contributed by atoms with Crippen molar-refractivity contribution in [3.8, 4) is 0 Å². The van der Waals surface area contributed by atoms with E-state index in [-0.39, 0.29) is 5.82 Å². The molecule has 1 aromatic rings. The number of carbonyl (C=O) groups excluding carboxylic acids is 1. The van der Waals surface area contributed by atoms with Gasteiger partial charge in [0.25, 0.3) is 0 Å². The normalized spacial score (nSPS) is 17.7. The van der Waals surface area contributed by atoms with Crippen LogP contribution in [-0.4, -0.2) is 18.2 Å². The fourth-order valence-corrected chi connectivity index (χ4v) is 2.48. The summed E-state index contributed by atoms with van der Waals surface area (Å²) in [6, 6.07) is 4.26. The van der Waals surface area contributed by atoms with E-state index in [1.54, 1.807) is 26.8 Å². The van der Waals surface area contributed by atoms with Crippen LogP contribution in [0, 0.1) is 11.7 Å². The summed E-state index contributed by atoms with van der Waals surface area (Å²) in [5.74, 6) is 0.184. The molecule has 0 saturated heterocycles. The number of anilines is 2. The first-order chi connectivity index (χ1) is 10.8. The zero-order valence-corrected chi connectivity index (χ0v) is 14.0. The van der Waals surface area contributed by atoms with Crippen molar-refractivity contribution in [2.24, 2.45) is 5.92 Å². The smallest absolute Gasteiger partial charge is 0.412 e. The van der Waals surface area contributed by atoms with E-state index in [4.69, 9.17) is 4.74 Å². The molecule has 0 bridgehead atoms. The Labute approximate surface area is 137 Å². The Hall–Kier alpha value is -2.04. The summed E-state index contributed by atoms with van der Waals surface area (Å²) in [5.41, 5.74) is 0.518. The minimum Gasteiger partial charge on any atom is -0.444 e. The van der Waals surface area contributed by atoms with Crippen LogP contribution in [0.1, 0.15) is 40.0 Å². The van der Waals surface area contributed by atoms with Crippen molar-refractivity contribution in [3.05, 3.63) is 36.2 Å². The van der Waals surface area contributed by atoms with E-state index in [1.807, 2.05) is 0 Å². The largest absolute Gasteiger partial charge is 0.444 e. The molecule has 1 aliphatic rings. The van der Waals surface area contributed by atoms with Crippen molar-refractivity contribution in [2.75, 3.05) is 17.2 Å². The predicted octanol–water partition coefficient (Wildman–Crippen LogP) is 4.94. The topological polar surface area (TPSA) is 50.4 Å². The number of nitrogens with one attached hydrogen (secondary N) is 2. The second kappa shape index (κ2) is 7.49. The fourth-order valence-electron chi connectivity index (χ4n) is 2.48. The second-order valence-corrected chi connectivity index (χ2v) is 6.85. The second-order valence-electron chi connectivity index (χ2n) is 6.85. The zero-order chi connectivity index (χ0) is 16.9. The average molecular weight is 320 g/mol. The highest BCUT2D eigenvalue weighted by Gasteiger charge is 2.18. The lowest BCUT2D eigenvalue weighted by molar-refractivity contribution is 0.0636. The number of amides is 1. The maximum Gasteiger partial charge on any atom is 0.412 e. The zero-order valence-electron chi connectivity index (χ0n) is 14.0. The standard InChI is InChI=1S/C18H25FN2O2/c1-18(2,3)23-17(22)21-15-10-9-14(19)11-16(15)20-12-13-7-5-4-6-8-13/h4-5,9-11,13,20H,6-8,12H2,1-3H3,(H,21,22). The summed E-state index contributed by atoms with van der Waals surface area (Å²) < 4.78 is 18.8. The molecule has 126 valence electrons. The molecular formula is C18H25FN2O2. The minimum atomic E-state index is -0.577. The van der Waals surface area contributed by atoms with Crippen molar-refractivity contribution in [1.82, 2.24) is 0 Å². The summed E-state index contributed by atoms with van der Waals surface area (Å²) in [5, 5.41) is 5.93. The van der Waals surface area contributed by atoms with E-state index < -0.39 is 11.7 Å². The van der Waals surface area contributed by atoms with Crippen LogP contribution in [0.4, 0.5) is 20.6 Å². The van der Waals surface area contributed by atoms with Crippen LogP contribution >= 0.6 is 0 Å². The summed E-state index contributed by atoms with van der Waals surface area (Å²) in [7, 11) is 0. The highest BCUT2D eigenvalue weighted by Crippen LogP contribution is 2.26. The summed E-state index contributed by atoms with van der Waals surface area (Å²) in [4.78, 5) is 11.9. The molecule has 1 atom stereocenters. The van der Waals surface area contributed by atoms with E-state index in [0.29, 0.717) is 17.3 Å². The predicted molar refractivity (Wildman–Crippen MR) is 91.2 cm³/mol. The summed E-state index contributed by atoms with van der Waals surface area (Å²) in [6.45, 7) is 6.14. The Morgan fingerprint density at radius 2 is 2.09 bits per heavy atom. The van der Waals surface area contributed by atoms with Crippen LogP contribution in [0.3, 0.4) is 0 Å². The van der Waals surface area contributed by atoms with Crippen LogP contribution in [-0.2, 0) is 4.74 Å². The van der Waals surface area contributed by atoms with Gasteiger partial charge >= 0.3 is 6.09 Å². The Morgan fingerprint density at radius 1 is 1.30 bits per heavy atom. The van der Waals surface area contributed by atoms with E-state index in [1.165, 1.54) is 12.1 Å². The number of hydrogen-bond acceptors (Lipinski definition) is 3. The van der Waals surface area contributed by atoms with Crippen LogP contribution < -0.4 is 10.6 Å². The van der Waals surface area contributed by atoms with Gasteiger partial charge in [0.1, 0.15) is 11.4 Å². The number of allylic oxidation sites excluding steroid dienone is 2. The Kier molecular flexibility index (Phi) is 5.64. The molecular weight excluding hydrogens is 295 g/mol. The Bertz CT molecular complexity index is 579. The molecule has 0 heterocycles. The third-order valence-electron chi connectivity index (χ3n) is 3.58. The molecule has 1 unspecified atom stereocenters. The number of halogens is 1. The summed E-state index contributed by atoms with van der Waals surface area (Å²) >= 11 is 0. The molecule has 1 amide bonds. The first kappa shape index (κ1) is 17.3. The van der Waals surface area contributed by atoms with Crippen molar-refractivity contribution < 1.29 is 13.9 Å². The van der Waals surface area contributed by atoms with E-state index in [2.05, 4.69) is 22.8 Å². The number of ether oxygens (including phenoxy) is 1. The lowest BCUT2D eigenvalue weighted by atomic mass is 9.94. The Balaban J connectivity index is 2.01. The van der Waals surface area contributed by atoms with Gasteiger partial charge in [-0.25, -0.2) is 9.18 Å². The SMILES string of the molecule is CC(C)(C)OC(=O)Nc1ccc(F)cc1NCC1CC=CCC1. The van der Waals surface area contributed by atoms with Crippen molar-refractivity contribution >= 4 is 17.5 Å². The van der Waals surface area contributed by atoms with Crippen LogP contribution in [0.15, 0.2) is 30.4 Å². The maximum absolute atomic E-state index is 13.5. The molecule has 0 radical (unpaired) electrons. The van der Waals surface area contributed by atoms with Gasteiger partial charge in [0.05, 0.1) is 11.4 Å². The van der Waals surface area contributed by atoms with Gasteiger partial charge in [-0.05, 0) is 64.2 Å². The first-order valence-corrected chi connectivity index (χ1v) is 8.02. The van der Waals surface area contributed by atoms with Gasteiger partial charge in [-0.2, -0.15) is 0 Å². The first-order valence-electron chi connectivity index (χ1n) is 8.02. The van der Waals surface area contributed by atoms with Gasteiger partial charge in [0, 0.05) is 6.54 Å². The molecule has 1 aromatic carbocycles. The number of carbonyl (C=O) groups is 1. The molecule has 0 aromatic heterocycles. The molecule has 1 aliphatic carbocycles. The van der Waals surface area contributed by atoms with E-state index >= 15 is 0 Å². The molecule has 0 saturated carbocycles. The molecule has 0 aliphatic heterocycles.